The molecule has 0 bridgehead atoms. The highest BCUT2D eigenvalue weighted by molar-refractivity contribution is 14.0. The van der Waals surface area contributed by atoms with Gasteiger partial charge in [-0.2, -0.15) is 0 Å². The predicted octanol–water partition coefficient (Wildman–Crippen LogP) is 1.70. The Kier molecular flexibility index (Phi) is 6.99. The van der Waals surface area contributed by atoms with Crippen molar-refractivity contribution in [2.75, 3.05) is 6.54 Å². The molecule has 0 atom stereocenters. The Morgan fingerprint density at radius 3 is 2.90 bits per heavy atom. The molecule has 2 aromatic rings. The van der Waals surface area contributed by atoms with Gasteiger partial charge in [0, 0.05) is 25.1 Å². The van der Waals surface area contributed by atoms with Gasteiger partial charge in [0.25, 0.3) is 0 Å². The molecule has 2 heterocycles. The van der Waals surface area contributed by atoms with Crippen molar-refractivity contribution in [3.05, 3.63) is 42.6 Å². The molecule has 0 aromatic carbocycles. The monoisotopic (exact) mass is 386 g/mol. The standard InChI is InChI=1S/C13H18N6.HI/c1-2-5-16-13(14)18-9-11-3-4-12(17-8-11)19-7-6-15-10-19;/h3-4,6-8,10H,2,5,9H2,1H3,(H3,14,16,18);1H. The van der Waals surface area contributed by atoms with E-state index in [0.29, 0.717) is 12.5 Å². The molecule has 6 nitrogen and oxygen atoms in total. The zero-order valence-electron chi connectivity index (χ0n) is 11.4. The third-order valence-electron chi connectivity index (χ3n) is 2.57. The highest BCUT2D eigenvalue weighted by Gasteiger charge is 1.98. The second-order valence-corrected chi connectivity index (χ2v) is 4.12. The number of guanidine groups is 1. The number of pyridine rings is 1. The van der Waals surface area contributed by atoms with E-state index in [0.717, 1.165) is 24.3 Å². The van der Waals surface area contributed by atoms with Crippen molar-refractivity contribution < 1.29 is 0 Å². The van der Waals surface area contributed by atoms with Crippen molar-refractivity contribution in [1.29, 1.82) is 0 Å². The van der Waals surface area contributed by atoms with Crippen molar-refractivity contribution in [2.24, 2.45) is 10.7 Å². The van der Waals surface area contributed by atoms with Gasteiger partial charge in [-0.15, -0.1) is 24.0 Å². The molecule has 0 radical (unpaired) electrons. The normalized spacial score (nSPS) is 10.9. The lowest BCUT2D eigenvalue weighted by Crippen LogP contribution is -2.32. The molecule has 0 aliphatic rings. The van der Waals surface area contributed by atoms with Gasteiger partial charge >= 0.3 is 0 Å². The quantitative estimate of drug-likeness (QED) is 0.466. The molecule has 0 aliphatic carbocycles. The van der Waals surface area contributed by atoms with Crippen LogP contribution in [-0.4, -0.2) is 27.0 Å². The number of imidazole rings is 1. The second-order valence-electron chi connectivity index (χ2n) is 4.12. The summed E-state index contributed by atoms with van der Waals surface area (Å²) >= 11 is 0. The summed E-state index contributed by atoms with van der Waals surface area (Å²) in [6.07, 6.45) is 8.11. The first-order valence-corrected chi connectivity index (χ1v) is 6.26. The molecule has 108 valence electrons. The Balaban J connectivity index is 0.00000200. The summed E-state index contributed by atoms with van der Waals surface area (Å²) in [5.41, 5.74) is 6.74. The van der Waals surface area contributed by atoms with Gasteiger partial charge in [-0.25, -0.2) is 15.0 Å². The van der Waals surface area contributed by atoms with Crippen LogP contribution in [0.2, 0.25) is 0 Å². The minimum atomic E-state index is 0. The molecule has 0 aliphatic heterocycles. The number of aromatic nitrogens is 3. The van der Waals surface area contributed by atoms with Crippen LogP contribution in [-0.2, 0) is 6.54 Å². The van der Waals surface area contributed by atoms with Crippen LogP contribution < -0.4 is 11.1 Å². The molecule has 0 amide bonds. The molecular weight excluding hydrogens is 367 g/mol. The van der Waals surface area contributed by atoms with Gasteiger partial charge in [0.15, 0.2) is 5.96 Å². The second kappa shape index (κ2) is 8.51. The lowest BCUT2D eigenvalue weighted by molar-refractivity contribution is 0.825. The van der Waals surface area contributed by atoms with Gasteiger partial charge in [0.2, 0.25) is 0 Å². The number of hydrogen-bond acceptors (Lipinski definition) is 3. The number of halogens is 1. The van der Waals surface area contributed by atoms with E-state index in [2.05, 4.69) is 27.2 Å². The Morgan fingerprint density at radius 2 is 2.30 bits per heavy atom. The maximum atomic E-state index is 5.72. The van der Waals surface area contributed by atoms with Crippen molar-refractivity contribution in [2.45, 2.75) is 19.9 Å². The van der Waals surface area contributed by atoms with E-state index in [9.17, 15) is 0 Å². The minimum absolute atomic E-state index is 0. The van der Waals surface area contributed by atoms with Crippen LogP contribution in [0.4, 0.5) is 0 Å². The third kappa shape index (κ3) is 4.80. The first kappa shape index (κ1) is 16.4. The van der Waals surface area contributed by atoms with Crippen molar-refractivity contribution in [1.82, 2.24) is 19.9 Å². The Hall–Kier alpha value is -1.64. The van der Waals surface area contributed by atoms with Gasteiger partial charge in [-0.3, -0.25) is 4.57 Å². The zero-order valence-corrected chi connectivity index (χ0v) is 13.7. The highest BCUT2D eigenvalue weighted by Crippen LogP contribution is 2.06. The number of aliphatic imine (C=N–C) groups is 1. The summed E-state index contributed by atoms with van der Waals surface area (Å²) in [6.45, 7) is 3.45. The van der Waals surface area contributed by atoms with Crippen LogP contribution >= 0.6 is 24.0 Å². The molecule has 0 fully saturated rings. The lowest BCUT2D eigenvalue weighted by atomic mass is 10.3. The van der Waals surface area contributed by atoms with E-state index in [1.165, 1.54) is 0 Å². The zero-order chi connectivity index (χ0) is 13.5. The van der Waals surface area contributed by atoms with Crippen LogP contribution in [0.1, 0.15) is 18.9 Å². The van der Waals surface area contributed by atoms with Gasteiger partial charge in [0.1, 0.15) is 12.1 Å². The first-order valence-electron chi connectivity index (χ1n) is 6.26. The average Bonchev–Trinajstić information content (AvgIpc) is 2.97. The number of nitrogens with two attached hydrogens (primary N) is 1. The van der Waals surface area contributed by atoms with Gasteiger partial charge in [-0.05, 0) is 18.1 Å². The van der Waals surface area contributed by atoms with Gasteiger partial charge in [-0.1, -0.05) is 13.0 Å². The van der Waals surface area contributed by atoms with E-state index in [-0.39, 0.29) is 24.0 Å². The van der Waals surface area contributed by atoms with Crippen LogP contribution in [0.25, 0.3) is 5.82 Å². The Labute approximate surface area is 135 Å². The van der Waals surface area contributed by atoms with Crippen molar-refractivity contribution >= 4 is 29.9 Å². The molecule has 20 heavy (non-hydrogen) atoms. The molecule has 0 spiro atoms. The maximum absolute atomic E-state index is 5.72. The average molecular weight is 386 g/mol. The Morgan fingerprint density at radius 1 is 1.45 bits per heavy atom. The molecule has 0 unspecified atom stereocenters. The van der Waals surface area contributed by atoms with E-state index in [1.54, 1.807) is 18.7 Å². The molecule has 3 N–H and O–H groups in total. The van der Waals surface area contributed by atoms with Crippen LogP contribution in [0.5, 0.6) is 0 Å². The van der Waals surface area contributed by atoms with E-state index < -0.39 is 0 Å². The lowest BCUT2D eigenvalue weighted by Gasteiger charge is -2.04. The van der Waals surface area contributed by atoms with Crippen molar-refractivity contribution in [3.63, 3.8) is 0 Å². The molecule has 2 rings (SSSR count). The fourth-order valence-corrected chi connectivity index (χ4v) is 1.54. The summed E-state index contributed by atoms with van der Waals surface area (Å²) in [4.78, 5) is 12.6. The summed E-state index contributed by atoms with van der Waals surface area (Å²) < 4.78 is 1.85. The molecular formula is C13H19IN6. The summed E-state index contributed by atoms with van der Waals surface area (Å²) in [6, 6.07) is 3.92. The number of rotatable bonds is 5. The number of hydrogen-bond donors (Lipinski definition) is 2. The van der Waals surface area contributed by atoms with Gasteiger partial charge in [0.05, 0.1) is 6.54 Å². The smallest absolute Gasteiger partial charge is 0.188 e. The predicted molar refractivity (Wildman–Crippen MR) is 90.4 cm³/mol. The molecule has 0 saturated carbocycles. The fraction of sp³-hybridized carbons (Fsp3) is 0.308. The first-order chi connectivity index (χ1) is 9.29. The Bertz CT molecular complexity index is 520. The summed E-state index contributed by atoms with van der Waals surface area (Å²) in [5.74, 6) is 1.31. The minimum Gasteiger partial charge on any atom is -0.370 e. The molecule has 2 aromatic heterocycles. The largest absolute Gasteiger partial charge is 0.370 e. The topological polar surface area (TPSA) is 81.1 Å². The number of nitrogens with zero attached hydrogens (tertiary/aromatic N) is 4. The third-order valence-corrected chi connectivity index (χ3v) is 2.57. The van der Waals surface area contributed by atoms with Crippen LogP contribution in [0, 0.1) is 0 Å². The SMILES string of the molecule is CCCNC(N)=NCc1ccc(-n2ccnc2)nc1.I. The van der Waals surface area contributed by atoms with E-state index in [4.69, 9.17) is 5.73 Å². The van der Waals surface area contributed by atoms with E-state index in [1.807, 2.05) is 22.9 Å². The van der Waals surface area contributed by atoms with Crippen molar-refractivity contribution in [3.8, 4) is 5.82 Å². The summed E-state index contributed by atoms with van der Waals surface area (Å²) in [5, 5.41) is 3.03. The van der Waals surface area contributed by atoms with Gasteiger partial charge < -0.3 is 11.1 Å². The van der Waals surface area contributed by atoms with Crippen LogP contribution in [0.3, 0.4) is 0 Å². The molecule has 7 heteroatoms. The van der Waals surface area contributed by atoms with Crippen LogP contribution in [0.15, 0.2) is 42.0 Å². The molecule has 0 saturated heterocycles. The highest BCUT2D eigenvalue weighted by atomic mass is 127. The summed E-state index contributed by atoms with van der Waals surface area (Å²) in [7, 11) is 0. The van der Waals surface area contributed by atoms with E-state index >= 15 is 0 Å². The maximum Gasteiger partial charge on any atom is 0.188 e. The fourth-order valence-electron chi connectivity index (χ4n) is 1.54. The number of nitrogens with one attached hydrogen (secondary N) is 1.